The molecule has 0 unspecified atom stereocenters. The molecule has 13 atom stereocenters. The fourth-order valence-electron chi connectivity index (χ4n) is 9.45. The highest BCUT2D eigenvalue weighted by Crippen LogP contribution is 2.44. The largest absolute Gasteiger partial charge is 0.467 e. The molecule has 17 nitrogen and oxygen atoms in total. The molecular weight excluding hydrogens is 789 g/mol. The molecule has 3 fully saturated rings. The van der Waals surface area contributed by atoms with E-state index in [1.165, 1.54) is 27.2 Å². The van der Waals surface area contributed by atoms with Crippen LogP contribution >= 0.6 is 0 Å². The van der Waals surface area contributed by atoms with Gasteiger partial charge in [0.1, 0.15) is 23.9 Å². The number of Topliss-reactive ketones (excluding diaryl/α,β-unsaturated/α-hetero) is 2. The Hall–Kier alpha value is -4.29. The summed E-state index contributed by atoms with van der Waals surface area (Å²) in [5, 5.41) is 11.5. The van der Waals surface area contributed by atoms with Crippen molar-refractivity contribution in [3.05, 3.63) is 37.6 Å². The lowest BCUT2D eigenvalue weighted by Crippen LogP contribution is -2.60. The summed E-state index contributed by atoms with van der Waals surface area (Å²) in [4.78, 5) is 73.5. The van der Waals surface area contributed by atoms with Crippen LogP contribution in [0.25, 0.3) is 11.3 Å². The molecule has 0 radical (unpaired) electrons. The van der Waals surface area contributed by atoms with Gasteiger partial charge in [-0.3, -0.25) is 19.3 Å². The number of hydrogen-bond donors (Lipinski definition) is 1. The van der Waals surface area contributed by atoms with Crippen LogP contribution in [0.2, 0.25) is 0 Å². The number of aliphatic hydroxyl groups is 1. The second-order valence-corrected chi connectivity index (χ2v) is 17.4. The summed E-state index contributed by atoms with van der Waals surface area (Å²) in [6.07, 6.45) is 5.09. The van der Waals surface area contributed by atoms with Gasteiger partial charge in [-0.15, -0.1) is 0 Å². The summed E-state index contributed by atoms with van der Waals surface area (Å²) in [5.74, 6) is -5.28. The Morgan fingerprint density at radius 2 is 1.67 bits per heavy atom. The number of esters is 1. The van der Waals surface area contributed by atoms with Crippen LogP contribution in [0.3, 0.4) is 0 Å². The van der Waals surface area contributed by atoms with Crippen LogP contribution in [0.1, 0.15) is 80.6 Å². The minimum Gasteiger partial charge on any atom is -0.467 e. The number of fused-ring (bicyclic) bond motifs is 1. The number of carbonyl (C=O) groups is 4. The monoisotopic (exact) mass is 854 g/mol. The van der Waals surface area contributed by atoms with Gasteiger partial charge in [0, 0.05) is 68.1 Å². The summed E-state index contributed by atoms with van der Waals surface area (Å²) < 4.78 is 38.3. The number of likely N-dealkylation sites (N-methyl/N-ethyl adjacent to an activating group) is 1. The molecule has 3 aliphatic rings. The van der Waals surface area contributed by atoms with Crippen LogP contribution in [0.15, 0.2) is 37.6 Å². The first kappa shape index (κ1) is 47.8. The van der Waals surface area contributed by atoms with Crippen molar-refractivity contribution in [3.8, 4) is 17.3 Å². The van der Waals surface area contributed by atoms with Crippen LogP contribution in [0.4, 0.5) is 4.79 Å². The number of nitrogens with zero attached hydrogens (tertiary/aromatic N) is 6. The lowest BCUT2D eigenvalue weighted by Gasteiger charge is -2.47. The SMILES string of the molecule is C=C[C@]12OC(=O)N(CCCCn3cnc(-c4cnc(OC)nc4)c3)[C@@H]1[C@@H](C)C(=O)[C@H](C)C[C@@](C)(OC)[C@H](O[C@@H]1O[C@H](C)C[C@H](N(C)C)[C@H]1O)[C@@H](C)C(=O)[C@@H](C)C(=O)O[C@@H]2CC. The molecule has 0 spiro atoms. The molecule has 17 heteroatoms. The molecule has 338 valence electrons. The van der Waals surface area contributed by atoms with E-state index in [1.807, 2.05) is 36.7 Å². The van der Waals surface area contributed by atoms with Gasteiger partial charge in [-0.05, 0) is 73.0 Å². The third-order valence-electron chi connectivity index (χ3n) is 13.0. The molecule has 1 N–H and O–H groups in total. The Bertz CT molecular complexity index is 1860. The molecule has 3 saturated heterocycles. The Morgan fingerprint density at radius 3 is 2.28 bits per heavy atom. The molecular formula is C44H66N6O11. The van der Waals surface area contributed by atoms with E-state index in [1.54, 1.807) is 58.2 Å². The minimum atomic E-state index is -1.61. The van der Waals surface area contributed by atoms with Crippen molar-refractivity contribution >= 4 is 23.6 Å². The highest BCUT2D eigenvalue weighted by atomic mass is 16.7. The number of aliphatic hydroxyl groups excluding tert-OH is 1. The number of amides is 1. The zero-order valence-corrected chi connectivity index (χ0v) is 37.6. The second kappa shape index (κ2) is 19.8. The zero-order chi connectivity index (χ0) is 45.0. The number of hydrogen-bond acceptors (Lipinski definition) is 15. The van der Waals surface area contributed by atoms with Crippen molar-refractivity contribution in [2.75, 3.05) is 34.9 Å². The van der Waals surface area contributed by atoms with Crippen molar-refractivity contribution in [1.29, 1.82) is 0 Å². The number of carbonyl (C=O) groups excluding carboxylic acids is 4. The van der Waals surface area contributed by atoms with Gasteiger partial charge in [0.15, 0.2) is 17.7 Å². The molecule has 61 heavy (non-hydrogen) atoms. The minimum absolute atomic E-state index is 0.0959. The summed E-state index contributed by atoms with van der Waals surface area (Å²) in [7, 11) is 6.71. The van der Waals surface area contributed by atoms with Crippen LogP contribution in [-0.2, 0) is 44.6 Å². The molecule has 3 aliphatic heterocycles. The topological polar surface area (TPSA) is 194 Å². The number of rotatable bonds is 13. The molecule has 5 heterocycles. The number of ether oxygens (including phenoxy) is 6. The lowest BCUT2D eigenvalue weighted by molar-refractivity contribution is -0.295. The van der Waals surface area contributed by atoms with Crippen molar-refractivity contribution in [3.63, 3.8) is 0 Å². The molecule has 0 bridgehead atoms. The van der Waals surface area contributed by atoms with Crippen molar-refractivity contribution < 1.29 is 52.7 Å². The molecule has 2 aromatic heterocycles. The van der Waals surface area contributed by atoms with E-state index < -0.39 is 83.4 Å². The van der Waals surface area contributed by atoms with Crippen molar-refractivity contribution in [2.45, 2.75) is 141 Å². The summed E-state index contributed by atoms with van der Waals surface area (Å²) >= 11 is 0. The van der Waals surface area contributed by atoms with E-state index >= 15 is 0 Å². The number of methoxy groups -OCH3 is 2. The Kier molecular flexibility index (Phi) is 15.5. The average molecular weight is 855 g/mol. The normalized spacial score (nSPS) is 35.4. The third-order valence-corrected chi connectivity index (χ3v) is 13.0. The van der Waals surface area contributed by atoms with Gasteiger partial charge in [0.2, 0.25) is 0 Å². The van der Waals surface area contributed by atoms with Gasteiger partial charge in [0.05, 0.1) is 43.0 Å². The molecule has 5 rings (SSSR count). The van der Waals surface area contributed by atoms with E-state index in [4.69, 9.17) is 28.4 Å². The summed E-state index contributed by atoms with van der Waals surface area (Å²) in [5.41, 5.74) is -1.48. The number of aromatic nitrogens is 4. The van der Waals surface area contributed by atoms with Gasteiger partial charge in [-0.2, -0.15) is 0 Å². The number of imidazole rings is 1. The van der Waals surface area contributed by atoms with Gasteiger partial charge in [-0.25, -0.2) is 19.7 Å². The van der Waals surface area contributed by atoms with Gasteiger partial charge in [-0.1, -0.05) is 34.3 Å². The van der Waals surface area contributed by atoms with E-state index in [9.17, 15) is 24.3 Å². The Labute approximate surface area is 359 Å². The van der Waals surface area contributed by atoms with Crippen molar-refractivity contribution in [1.82, 2.24) is 29.3 Å². The third kappa shape index (κ3) is 9.85. The molecule has 0 aromatic carbocycles. The predicted molar refractivity (Wildman–Crippen MR) is 223 cm³/mol. The standard InChI is InChI=1S/C44H66N6O11/c1-13-33-44(14-2)37(50(42(55)61-44)18-16-15-17-49-23-31(47-24-49)30-21-45-41(56-11)46-22-30)27(5)34(51)25(3)20-43(8,57-12)38(28(6)35(52)29(7)39(54)59-33)60-40-36(53)32(48(9)10)19-26(4)58-40/h14,21-29,32-33,36-38,40,53H,2,13,15-20H2,1,3-12H3/t25-,26-,27+,28+,29-,32+,33-,36-,37-,38-,40+,43-,44-/m1/s1. The van der Waals surface area contributed by atoms with Gasteiger partial charge < -0.3 is 43.0 Å². The van der Waals surface area contributed by atoms with Gasteiger partial charge >= 0.3 is 18.1 Å². The first-order valence-electron chi connectivity index (χ1n) is 21.4. The van der Waals surface area contributed by atoms with E-state index in [2.05, 4.69) is 21.5 Å². The zero-order valence-electron chi connectivity index (χ0n) is 37.6. The van der Waals surface area contributed by atoms with Crippen molar-refractivity contribution in [2.24, 2.45) is 23.7 Å². The molecule has 0 aliphatic carbocycles. The number of aryl methyl sites for hydroxylation is 1. The maximum absolute atomic E-state index is 14.8. The maximum Gasteiger partial charge on any atom is 0.411 e. The first-order chi connectivity index (χ1) is 28.9. The predicted octanol–water partition coefficient (Wildman–Crippen LogP) is 4.50. The van der Waals surface area contributed by atoms with E-state index in [0.717, 1.165) is 5.56 Å². The highest BCUT2D eigenvalue weighted by molar-refractivity contribution is 6.00. The smallest absolute Gasteiger partial charge is 0.411 e. The quantitative estimate of drug-likeness (QED) is 0.128. The van der Waals surface area contributed by atoms with Crippen LogP contribution in [-0.4, -0.2) is 147 Å². The maximum atomic E-state index is 14.8. The first-order valence-corrected chi connectivity index (χ1v) is 21.4. The fraction of sp³-hybridized carbons (Fsp3) is 0.705. The number of ketones is 2. The second-order valence-electron chi connectivity index (χ2n) is 17.4. The van der Waals surface area contributed by atoms with E-state index in [-0.39, 0.29) is 43.3 Å². The number of cyclic esters (lactones) is 1. The van der Waals surface area contributed by atoms with E-state index in [0.29, 0.717) is 31.5 Å². The highest BCUT2D eigenvalue weighted by Gasteiger charge is 2.61. The molecule has 1 amide bonds. The molecule has 2 aromatic rings. The fourth-order valence-corrected chi connectivity index (χ4v) is 9.45. The Balaban J connectivity index is 1.44. The number of unbranched alkanes of at least 4 members (excludes halogenated alkanes) is 1. The van der Waals surface area contributed by atoms with Crippen LogP contribution in [0, 0.1) is 23.7 Å². The molecule has 0 saturated carbocycles. The average Bonchev–Trinajstić information content (AvgIpc) is 3.84. The summed E-state index contributed by atoms with van der Waals surface area (Å²) in [6.45, 7) is 17.0. The van der Waals surface area contributed by atoms with Crippen LogP contribution in [0.5, 0.6) is 6.01 Å². The Morgan fingerprint density at radius 1 is 1.00 bits per heavy atom. The summed E-state index contributed by atoms with van der Waals surface area (Å²) in [6, 6.07) is -0.946. The van der Waals surface area contributed by atoms with Crippen LogP contribution < -0.4 is 4.74 Å². The van der Waals surface area contributed by atoms with Gasteiger partial charge in [0.25, 0.3) is 0 Å². The lowest BCUT2D eigenvalue weighted by atomic mass is 9.72.